The van der Waals surface area contributed by atoms with Crippen LogP contribution < -0.4 is 4.72 Å². The molecular weight excluding hydrogens is 353 g/mol. The molecule has 1 N–H and O–H groups in total. The summed E-state index contributed by atoms with van der Waals surface area (Å²) in [5.41, 5.74) is 2.57. The largest absolute Gasteiger partial charge is 0.268 e. The molecule has 0 heterocycles. The summed E-state index contributed by atoms with van der Waals surface area (Å²) in [6.07, 6.45) is 1.40. The monoisotopic (exact) mass is 367 g/mol. The molecule has 0 atom stereocenters. The lowest BCUT2D eigenvalue weighted by Crippen LogP contribution is -2.29. The molecule has 0 aliphatic rings. The van der Waals surface area contributed by atoms with E-state index >= 15 is 0 Å². The lowest BCUT2D eigenvalue weighted by Gasteiger charge is -2.06. The van der Waals surface area contributed by atoms with Crippen molar-refractivity contribution in [1.82, 2.24) is 4.72 Å². The molecule has 0 aliphatic heterocycles. The number of benzene rings is 2. The molecule has 0 radical (unpaired) electrons. The van der Waals surface area contributed by atoms with Gasteiger partial charge in [-0.2, -0.15) is 0 Å². The number of aryl methyl sites for hydroxylation is 2. The number of nitrogens with one attached hydrogen (secondary N) is 1. The molecule has 7 heteroatoms. The van der Waals surface area contributed by atoms with Crippen LogP contribution in [0.3, 0.4) is 0 Å². The average molecular weight is 368 g/mol. The lowest BCUT2D eigenvalue weighted by atomic mass is 10.1. The Labute approximate surface area is 145 Å². The van der Waals surface area contributed by atoms with E-state index < -0.39 is 21.7 Å². The quantitative estimate of drug-likeness (QED) is 0.893. The van der Waals surface area contributed by atoms with E-state index in [1.165, 1.54) is 6.08 Å². The highest BCUT2D eigenvalue weighted by Gasteiger charge is 2.16. The van der Waals surface area contributed by atoms with Crippen LogP contribution in [0.4, 0.5) is 4.39 Å². The maximum atomic E-state index is 13.0. The van der Waals surface area contributed by atoms with Gasteiger partial charge in [0, 0.05) is 0 Å². The Morgan fingerprint density at radius 3 is 2.50 bits per heavy atom. The summed E-state index contributed by atoms with van der Waals surface area (Å²) in [4.78, 5) is 12.0. The van der Waals surface area contributed by atoms with Gasteiger partial charge < -0.3 is 0 Å². The highest BCUT2D eigenvalue weighted by atomic mass is 35.5. The second kappa shape index (κ2) is 7.15. The van der Waals surface area contributed by atoms with Gasteiger partial charge in [-0.05, 0) is 49.2 Å². The zero-order valence-corrected chi connectivity index (χ0v) is 14.6. The molecular formula is C17H15ClFNO3S. The van der Waals surface area contributed by atoms with Crippen molar-refractivity contribution in [2.24, 2.45) is 0 Å². The van der Waals surface area contributed by atoms with Gasteiger partial charge in [-0.25, -0.2) is 17.5 Å². The second-order valence-corrected chi connectivity index (χ2v) is 7.24. The van der Waals surface area contributed by atoms with E-state index in [4.69, 9.17) is 11.6 Å². The number of rotatable bonds is 4. The van der Waals surface area contributed by atoms with Gasteiger partial charge in [0.1, 0.15) is 5.82 Å². The maximum Gasteiger partial charge on any atom is 0.266 e. The SMILES string of the molecule is Cc1ccc(C=CS(=O)(=O)NC(=O)c2ccc(F)cc2Cl)c(C)c1. The number of carbonyl (C=O) groups is 1. The normalized spacial score (nSPS) is 11.7. The van der Waals surface area contributed by atoms with Crippen LogP contribution in [0.5, 0.6) is 0 Å². The van der Waals surface area contributed by atoms with Crippen molar-refractivity contribution >= 4 is 33.6 Å². The lowest BCUT2D eigenvalue weighted by molar-refractivity contribution is 0.0982. The first-order valence-corrected chi connectivity index (χ1v) is 8.88. The van der Waals surface area contributed by atoms with Crippen LogP contribution in [0.2, 0.25) is 5.02 Å². The van der Waals surface area contributed by atoms with Gasteiger partial charge in [-0.3, -0.25) is 4.79 Å². The molecule has 0 unspecified atom stereocenters. The van der Waals surface area contributed by atoms with Crippen molar-refractivity contribution in [3.63, 3.8) is 0 Å². The van der Waals surface area contributed by atoms with Gasteiger partial charge in [-0.15, -0.1) is 0 Å². The summed E-state index contributed by atoms with van der Waals surface area (Å²) in [5, 5.41) is 0.737. The predicted molar refractivity (Wildman–Crippen MR) is 92.7 cm³/mol. The molecule has 126 valence electrons. The molecule has 0 fully saturated rings. The average Bonchev–Trinajstić information content (AvgIpc) is 2.45. The minimum Gasteiger partial charge on any atom is -0.268 e. The molecule has 0 saturated carbocycles. The van der Waals surface area contributed by atoms with Crippen LogP contribution in [-0.2, 0) is 10.0 Å². The van der Waals surface area contributed by atoms with Crippen LogP contribution in [0.25, 0.3) is 6.08 Å². The summed E-state index contributed by atoms with van der Waals surface area (Å²) in [7, 11) is -4.01. The van der Waals surface area contributed by atoms with Crippen LogP contribution in [0.15, 0.2) is 41.8 Å². The first-order chi connectivity index (χ1) is 11.2. The Bertz CT molecular complexity index is 923. The third kappa shape index (κ3) is 4.66. The number of carbonyl (C=O) groups excluding carboxylic acids is 1. The third-order valence-electron chi connectivity index (χ3n) is 3.26. The number of hydrogen-bond acceptors (Lipinski definition) is 3. The molecule has 0 saturated heterocycles. The molecule has 0 spiro atoms. The van der Waals surface area contributed by atoms with E-state index in [0.717, 1.165) is 40.3 Å². The Hall–Kier alpha value is -2.18. The Morgan fingerprint density at radius 1 is 1.17 bits per heavy atom. The van der Waals surface area contributed by atoms with E-state index in [-0.39, 0.29) is 10.6 Å². The van der Waals surface area contributed by atoms with Crippen molar-refractivity contribution in [3.8, 4) is 0 Å². The standard InChI is InChI=1S/C17H15ClFNO3S/c1-11-3-4-13(12(2)9-11)7-8-24(22,23)20-17(21)15-6-5-14(19)10-16(15)18/h3-10H,1-2H3,(H,20,21). The minimum atomic E-state index is -4.01. The number of hydrogen-bond donors (Lipinski definition) is 1. The van der Waals surface area contributed by atoms with E-state index in [1.54, 1.807) is 6.07 Å². The molecule has 1 amide bonds. The van der Waals surface area contributed by atoms with Crippen molar-refractivity contribution in [2.75, 3.05) is 0 Å². The molecule has 0 aliphatic carbocycles. The van der Waals surface area contributed by atoms with E-state index in [0.29, 0.717) is 0 Å². The molecule has 2 aromatic rings. The fourth-order valence-electron chi connectivity index (χ4n) is 2.07. The zero-order chi connectivity index (χ0) is 17.9. The first-order valence-electron chi connectivity index (χ1n) is 6.95. The number of halogens is 2. The summed E-state index contributed by atoms with van der Waals surface area (Å²) in [5.74, 6) is -1.54. The van der Waals surface area contributed by atoms with Crippen LogP contribution in [-0.4, -0.2) is 14.3 Å². The highest BCUT2D eigenvalue weighted by molar-refractivity contribution is 7.93. The van der Waals surface area contributed by atoms with Crippen molar-refractivity contribution in [2.45, 2.75) is 13.8 Å². The number of amides is 1. The molecule has 0 bridgehead atoms. The van der Waals surface area contributed by atoms with Crippen molar-refractivity contribution < 1.29 is 17.6 Å². The Kier molecular flexibility index (Phi) is 5.41. The van der Waals surface area contributed by atoms with Crippen LogP contribution >= 0.6 is 11.6 Å². The van der Waals surface area contributed by atoms with Crippen LogP contribution in [0.1, 0.15) is 27.0 Å². The molecule has 4 nitrogen and oxygen atoms in total. The molecule has 2 rings (SSSR count). The summed E-state index contributed by atoms with van der Waals surface area (Å²) >= 11 is 5.75. The van der Waals surface area contributed by atoms with Crippen LogP contribution in [0, 0.1) is 19.7 Å². The fraction of sp³-hybridized carbons (Fsp3) is 0.118. The van der Waals surface area contributed by atoms with Crippen molar-refractivity contribution in [1.29, 1.82) is 0 Å². The molecule has 24 heavy (non-hydrogen) atoms. The summed E-state index contributed by atoms with van der Waals surface area (Å²) < 4.78 is 38.9. The van der Waals surface area contributed by atoms with Gasteiger partial charge >= 0.3 is 0 Å². The minimum absolute atomic E-state index is 0.124. The van der Waals surface area contributed by atoms with Gasteiger partial charge in [-0.1, -0.05) is 35.4 Å². The second-order valence-electron chi connectivity index (χ2n) is 5.26. The summed E-state index contributed by atoms with van der Waals surface area (Å²) in [6, 6.07) is 8.65. The third-order valence-corrected chi connectivity index (χ3v) is 4.54. The van der Waals surface area contributed by atoms with Gasteiger partial charge in [0.15, 0.2) is 0 Å². The highest BCUT2D eigenvalue weighted by Crippen LogP contribution is 2.17. The van der Waals surface area contributed by atoms with Gasteiger partial charge in [0.2, 0.25) is 0 Å². The van der Waals surface area contributed by atoms with Gasteiger partial charge in [0.25, 0.3) is 15.9 Å². The topological polar surface area (TPSA) is 63.2 Å². The fourth-order valence-corrected chi connectivity index (χ4v) is 3.08. The van der Waals surface area contributed by atoms with E-state index in [9.17, 15) is 17.6 Å². The smallest absolute Gasteiger partial charge is 0.266 e. The van der Waals surface area contributed by atoms with E-state index in [1.807, 2.05) is 30.7 Å². The summed E-state index contributed by atoms with van der Waals surface area (Å²) in [6.45, 7) is 3.79. The molecule has 0 aromatic heterocycles. The van der Waals surface area contributed by atoms with Gasteiger partial charge in [0.05, 0.1) is 16.0 Å². The zero-order valence-electron chi connectivity index (χ0n) is 13.0. The number of sulfonamides is 1. The Balaban J connectivity index is 2.18. The maximum absolute atomic E-state index is 13.0. The first kappa shape index (κ1) is 18.2. The van der Waals surface area contributed by atoms with Crippen molar-refractivity contribution in [3.05, 3.63) is 74.9 Å². The predicted octanol–water partition coefficient (Wildman–Crippen LogP) is 3.83. The Morgan fingerprint density at radius 2 is 1.88 bits per heavy atom. The molecule has 2 aromatic carbocycles. The van der Waals surface area contributed by atoms with E-state index in [2.05, 4.69) is 0 Å².